The molecule has 2 rings (SSSR count). The molecule has 1 saturated carbocycles. The lowest BCUT2D eigenvalue weighted by atomic mass is 10.1. The van der Waals surface area contributed by atoms with Crippen LogP contribution in [0.4, 0.5) is 0 Å². The lowest BCUT2D eigenvalue weighted by Crippen LogP contribution is -2.41. The van der Waals surface area contributed by atoms with Crippen molar-refractivity contribution in [1.29, 1.82) is 0 Å². The molecule has 134 valence electrons. The summed E-state index contributed by atoms with van der Waals surface area (Å²) < 4.78 is 28.0. The molecule has 0 amide bonds. The Morgan fingerprint density at radius 3 is 2.50 bits per heavy atom. The molecular weight excluding hydrogens is 324 g/mol. The maximum absolute atomic E-state index is 12.6. The Bertz CT molecular complexity index is 689. The second-order valence-corrected chi connectivity index (χ2v) is 8.73. The van der Waals surface area contributed by atoms with Crippen molar-refractivity contribution in [2.24, 2.45) is 4.99 Å². The largest absolute Gasteiger partial charge is 0.357 e. The Morgan fingerprint density at radius 2 is 1.92 bits per heavy atom. The van der Waals surface area contributed by atoms with Crippen LogP contribution in [0.3, 0.4) is 0 Å². The minimum Gasteiger partial charge on any atom is -0.357 e. The molecule has 1 fully saturated rings. The van der Waals surface area contributed by atoms with E-state index in [1.807, 2.05) is 33.8 Å². The number of aliphatic imine (C=N–C) groups is 1. The van der Waals surface area contributed by atoms with Gasteiger partial charge in [-0.3, -0.25) is 0 Å². The van der Waals surface area contributed by atoms with Crippen molar-refractivity contribution in [3.63, 3.8) is 0 Å². The van der Waals surface area contributed by atoms with Gasteiger partial charge in [-0.2, -0.15) is 0 Å². The maximum atomic E-state index is 12.6. The van der Waals surface area contributed by atoms with E-state index >= 15 is 0 Å². The lowest BCUT2D eigenvalue weighted by molar-refractivity contribution is 0.491. The van der Waals surface area contributed by atoms with Crippen molar-refractivity contribution in [2.75, 3.05) is 6.54 Å². The monoisotopic (exact) mass is 352 g/mol. The molecule has 0 heterocycles. The zero-order valence-electron chi connectivity index (χ0n) is 14.9. The normalized spacial score (nSPS) is 16.1. The molecule has 6 nitrogen and oxygen atoms in total. The van der Waals surface area contributed by atoms with E-state index in [0.717, 1.165) is 25.3 Å². The van der Waals surface area contributed by atoms with Crippen LogP contribution in [0.1, 0.15) is 46.1 Å². The van der Waals surface area contributed by atoms with Gasteiger partial charge >= 0.3 is 0 Å². The van der Waals surface area contributed by atoms with Crippen molar-refractivity contribution in [3.8, 4) is 0 Å². The third-order valence-electron chi connectivity index (χ3n) is 3.37. The zero-order chi connectivity index (χ0) is 17.8. The molecule has 0 atom stereocenters. The van der Waals surface area contributed by atoms with Gasteiger partial charge in [0.15, 0.2) is 5.96 Å². The highest BCUT2D eigenvalue weighted by atomic mass is 32.2. The fourth-order valence-corrected chi connectivity index (χ4v) is 3.91. The predicted molar refractivity (Wildman–Crippen MR) is 97.5 cm³/mol. The van der Waals surface area contributed by atoms with E-state index in [0.29, 0.717) is 18.2 Å². The third kappa shape index (κ3) is 5.79. The van der Waals surface area contributed by atoms with Gasteiger partial charge in [-0.1, -0.05) is 18.2 Å². The third-order valence-corrected chi connectivity index (χ3v) is 5.23. The molecule has 1 aromatic rings. The summed E-state index contributed by atoms with van der Waals surface area (Å²) in [5.41, 5.74) is 0.153. The summed E-state index contributed by atoms with van der Waals surface area (Å²) in [4.78, 5) is 4.82. The van der Waals surface area contributed by atoms with Gasteiger partial charge in [-0.25, -0.2) is 18.1 Å². The first-order valence-electron chi connectivity index (χ1n) is 8.38. The van der Waals surface area contributed by atoms with E-state index < -0.39 is 15.6 Å². The average molecular weight is 353 g/mol. The molecule has 0 saturated heterocycles. The van der Waals surface area contributed by atoms with Crippen molar-refractivity contribution in [3.05, 3.63) is 29.8 Å². The molecule has 0 aliphatic heterocycles. The van der Waals surface area contributed by atoms with E-state index in [-0.39, 0.29) is 4.90 Å². The Hall–Kier alpha value is -1.60. The van der Waals surface area contributed by atoms with E-state index in [4.69, 9.17) is 0 Å². The molecule has 1 aliphatic carbocycles. The van der Waals surface area contributed by atoms with Crippen LogP contribution in [-0.4, -0.2) is 32.5 Å². The van der Waals surface area contributed by atoms with Crippen molar-refractivity contribution in [2.45, 2.75) is 63.6 Å². The van der Waals surface area contributed by atoms with Crippen LogP contribution in [-0.2, 0) is 16.6 Å². The molecule has 0 radical (unpaired) electrons. The Kier molecular flexibility index (Phi) is 5.87. The Labute approximate surface area is 145 Å². The highest BCUT2D eigenvalue weighted by molar-refractivity contribution is 7.89. The fourth-order valence-electron chi connectivity index (χ4n) is 2.26. The van der Waals surface area contributed by atoms with E-state index in [1.165, 1.54) is 0 Å². The molecule has 0 unspecified atom stereocenters. The van der Waals surface area contributed by atoms with E-state index in [1.54, 1.807) is 18.2 Å². The minimum absolute atomic E-state index is 0.283. The van der Waals surface area contributed by atoms with E-state index in [2.05, 4.69) is 20.3 Å². The maximum Gasteiger partial charge on any atom is 0.241 e. The van der Waals surface area contributed by atoms with Gasteiger partial charge < -0.3 is 10.6 Å². The first-order valence-corrected chi connectivity index (χ1v) is 9.86. The van der Waals surface area contributed by atoms with Gasteiger partial charge in [0.25, 0.3) is 0 Å². The first-order chi connectivity index (χ1) is 11.2. The second kappa shape index (κ2) is 7.53. The number of guanidine groups is 1. The standard InChI is InChI=1S/C17H28N4O2S/c1-5-18-16(20-14-10-11-14)19-12-13-8-6-7-9-15(13)24(22,23)21-17(2,3)4/h6-9,14,21H,5,10-12H2,1-4H3,(H2,18,19,20). The topological polar surface area (TPSA) is 82.6 Å². The summed E-state index contributed by atoms with van der Waals surface area (Å²) in [7, 11) is -3.58. The first kappa shape index (κ1) is 18.7. The summed E-state index contributed by atoms with van der Waals surface area (Å²) >= 11 is 0. The van der Waals surface area contributed by atoms with Crippen molar-refractivity contribution >= 4 is 16.0 Å². The van der Waals surface area contributed by atoms with E-state index in [9.17, 15) is 8.42 Å². The average Bonchev–Trinajstić information content (AvgIpc) is 3.27. The number of nitrogens with zero attached hydrogens (tertiary/aromatic N) is 1. The van der Waals surface area contributed by atoms with Crippen LogP contribution >= 0.6 is 0 Å². The molecule has 0 bridgehead atoms. The van der Waals surface area contributed by atoms with Gasteiger partial charge in [-0.15, -0.1) is 0 Å². The van der Waals surface area contributed by atoms with Crippen molar-refractivity contribution < 1.29 is 8.42 Å². The summed E-state index contributed by atoms with van der Waals surface area (Å²) in [5.74, 6) is 0.732. The highest BCUT2D eigenvalue weighted by Gasteiger charge is 2.25. The molecule has 1 aliphatic rings. The summed E-state index contributed by atoms with van der Waals surface area (Å²) in [6, 6.07) is 7.49. The highest BCUT2D eigenvalue weighted by Crippen LogP contribution is 2.20. The lowest BCUT2D eigenvalue weighted by Gasteiger charge is -2.21. The van der Waals surface area contributed by atoms with Gasteiger partial charge in [-0.05, 0) is 52.2 Å². The molecule has 0 aromatic heterocycles. The number of rotatable bonds is 6. The van der Waals surface area contributed by atoms with Gasteiger partial charge in [0.05, 0.1) is 11.4 Å². The SMILES string of the molecule is CCNC(=NCc1ccccc1S(=O)(=O)NC(C)(C)C)NC1CC1. The molecule has 7 heteroatoms. The molecule has 24 heavy (non-hydrogen) atoms. The fraction of sp³-hybridized carbons (Fsp3) is 0.588. The Balaban J connectivity index is 2.21. The smallest absolute Gasteiger partial charge is 0.241 e. The second-order valence-electron chi connectivity index (χ2n) is 7.08. The minimum atomic E-state index is -3.58. The molecular formula is C17H28N4O2S. The number of hydrogen-bond acceptors (Lipinski definition) is 3. The van der Waals surface area contributed by atoms with Gasteiger partial charge in [0, 0.05) is 18.1 Å². The quantitative estimate of drug-likeness (QED) is 0.540. The predicted octanol–water partition coefficient (Wildman–Crippen LogP) is 1.98. The zero-order valence-corrected chi connectivity index (χ0v) is 15.7. The molecule has 1 aromatic carbocycles. The van der Waals surface area contributed by atoms with Gasteiger partial charge in [0.1, 0.15) is 0 Å². The summed E-state index contributed by atoms with van der Waals surface area (Å²) in [6.07, 6.45) is 2.32. The van der Waals surface area contributed by atoms with Crippen LogP contribution in [0.25, 0.3) is 0 Å². The number of benzene rings is 1. The van der Waals surface area contributed by atoms with Gasteiger partial charge in [0.2, 0.25) is 10.0 Å². The van der Waals surface area contributed by atoms with Crippen LogP contribution < -0.4 is 15.4 Å². The van der Waals surface area contributed by atoms with Crippen LogP contribution in [0.15, 0.2) is 34.2 Å². The van der Waals surface area contributed by atoms with Crippen LogP contribution in [0.5, 0.6) is 0 Å². The number of nitrogens with one attached hydrogen (secondary N) is 3. The summed E-state index contributed by atoms with van der Waals surface area (Å²) in [6.45, 7) is 8.57. The van der Waals surface area contributed by atoms with Crippen LogP contribution in [0.2, 0.25) is 0 Å². The van der Waals surface area contributed by atoms with Crippen LogP contribution in [0, 0.1) is 0 Å². The molecule has 0 spiro atoms. The van der Waals surface area contributed by atoms with Crippen molar-refractivity contribution in [1.82, 2.24) is 15.4 Å². The Morgan fingerprint density at radius 1 is 1.25 bits per heavy atom. The summed E-state index contributed by atoms with van der Waals surface area (Å²) in [5, 5.41) is 6.53. The number of hydrogen-bond donors (Lipinski definition) is 3. The molecule has 3 N–H and O–H groups in total. The number of sulfonamides is 1.